The average molecular weight is 485 g/mol. The van der Waals surface area contributed by atoms with Gasteiger partial charge in [0.2, 0.25) is 0 Å². The molecule has 1 amide bonds. The van der Waals surface area contributed by atoms with Crippen molar-refractivity contribution in [3.8, 4) is 0 Å². The monoisotopic (exact) mass is 483 g/mol. The maximum Gasteiger partial charge on any atom is 0.309 e. The Balaban J connectivity index is 1.73. The summed E-state index contributed by atoms with van der Waals surface area (Å²) >= 11 is 16.6. The fourth-order valence-corrected chi connectivity index (χ4v) is 3.84. The summed E-state index contributed by atoms with van der Waals surface area (Å²) in [5.41, 5.74) is 3.63. The van der Waals surface area contributed by atoms with Gasteiger partial charge in [-0.25, -0.2) is 5.43 Å². The molecular weight excluding hydrogens is 473 g/mol. The molecule has 9 heteroatoms. The maximum atomic E-state index is 12.2. The van der Waals surface area contributed by atoms with Gasteiger partial charge in [0.25, 0.3) is 5.91 Å². The standard InChI is InChI=1S/C18H12BrCl2N3O2S/c19-12-7-5-11(6-8-12)10-24-16(21)15(27-18(24)26)9-22-23-17(25)13-3-1-2-4-14(13)20/h1-9H,10H2,(H,23,25)/b22-9+. The first-order chi connectivity index (χ1) is 13.0. The van der Waals surface area contributed by atoms with Crippen LogP contribution in [0.5, 0.6) is 0 Å². The second kappa shape index (κ2) is 8.84. The smallest absolute Gasteiger partial charge is 0.284 e. The minimum atomic E-state index is -0.449. The number of benzene rings is 2. The molecule has 0 radical (unpaired) electrons. The largest absolute Gasteiger partial charge is 0.309 e. The van der Waals surface area contributed by atoms with E-state index in [4.69, 9.17) is 23.2 Å². The van der Waals surface area contributed by atoms with Crippen LogP contribution in [0.3, 0.4) is 0 Å². The van der Waals surface area contributed by atoms with Crippen LogP contribution < -0.4 is 10.3 Å². The van der Waals surface area contributed by atoms with Crippen molar-refractivity contribution in [2.75, 3.05) is 0 Å². The third kappa shape index (κ3) is 4.87. The third-order valence-corrected chi connectivity index (χ3v) is 5.87. The van der Waals surface area contributed by atoms with Crippen LogP contribution in [0.15, 0.2) is 62.9 Å². The molecule has 0 aliphatic heterocycles. The summed E-state index contributed by atoms with van der Waals surface area (Å²) in [6, 6.07) is 14.2. The Bertz CT molecular complexity index is 1060. The van der Waals surface area contributed by atoms with Crippen LogP contribution in [-0.2, 0) is 6.54 Å². The summed E-state index contributed by atoms with van der Waals surface area (Å²) in [5.74, 6) is -0.449. The van der Waals surface area contributed by atoms with Crippen LogP contribution in [0.4, 0.5) is 0 Å². The van der Waals surface area contributed by atoms with E-state index in [-0.39, 0.29) is 10.0 Å². The molecule has 5 nitrogen and oxygen atoms in total. The molecule has 3 rings (SSSR count). The molecule has 0 atom stereocenters. The molecule has 27 heavy (non-hydrogen) atoms. The van der Waals surface area contributed by atoms with Crippen molar-refractivity contribution in [1.29, 1.82) is 0 Å². The van der Waals surface area contributed by atoms with Gasteiger partial charge in [0.05, 0.1) is 28.2 Å². The van der Waals surface area contributed by atoms with Gasteiger partial charge in [0, 0.05) is 4.47 Å². The maximum absolute atomic E-state index is 12.2. The number of halogens is 3. The lowest BCUT2D eigenvalue weighted by Gasteiger charge is -2.04. The molecule has 0 unspecified atom stereocenters. The summed E-state index contributed by atoms with van der Waals surface area (Å²) in [4.78, 5) is 24.5. The molecule has 1 heterocycles. The number of carbonyl (C=O) groups is 1. The van der Waals surface area contributed by atoms with Crippen LogP contribution in [0.2, 0.25) is 10.2 Å². The van der Waals surface area contributed by atoms with Gasteiger partial charge in [-0.2, -0.15) is 5.10 Å². The molecule has 0 saturated heterocycles. The molecule has 0 aliphatic carbocycles. The summed E-state index contributed by atoms with van der Waals surface area (Å²) in [5, 5.41) is 4.47. The Labute approximate surface area is 177 Å². The topological polar surface area (TPSA) is 63.5 Å². The summed E-state index contributed by atoms with van der Waals surface area (Å²) in [7, 11) is 0. The van der Waals surface area contributed by atoms with E-state index in [0.717, 1.165) is 21.4 Å². The Morgan fingerprint density at radius 1 is 1.19 bits per heavy atom. The fraction of sp³-hybridized carbons (Fsp3) is 0.0556. The number of hydrazone groups is 1. The first-order valence-electron chi connectivity index (χ1n) is 7.67. The van der Waals surface area contributed by atoms with Crippen molar-refractivity contribution >= 4 is 62.6 Å². The zero-order chi connectivity index (χ0) is 19.4. The van der Waals surface area contributed by atoms with Crippen molar-refractivity contribution in [1.82, 2.24) is 9.99 Å². The Kier molecular flexibility index (Phi) is 6.49. The third-order valence-electron chi connectivity index (χ3n) is 3.58. The SMILES string of the molecule is O=C(N/N=C/c1sc(=O)n(Cc2ccc(Br)cc2)c1Cl)c1ccccc1Cl. The van der Waals surface area contributed by atoms with Crippen LogP contribution in [0, 0.1) is 0 Å². The highest BCUT2D eigenvalue weighted by molar-refractivity contribution is 9.10. The number of thiazole rings is 1. The van der Waals surface area contributed by atoms with Crippen LogP contribution in [0.25, 0.3) is 0 Å². The van der Waals surface area contributed by atoms with Gasteiger partial charge in [0.1, 0.15) is 5.15 Å². The highest BCUT2D eigenvalue weighted by atomic mass is 79.9. The molecule has 138 valence electrons. The number of rotatable bonds is 5. The van der Waals surface area contributed by atoms with Gasteiger partial charge in [-0.3, -0.25) is 14.2 Å². The predicted octanol–water partition coefficient (Wildman–Crippen LogP) is 4.79. The molecule has 1 aromatic heterocycles. The van der Waals surface area contributed by atoms with Gasteiger partial charge < -0.3 is 0 Å². The van der Waals surface area contributed by atoms with Gasteiger partial charge in [-0.1, -0.05) is 74.7 Å². The highest BCUT2D eigenvalue weighted by Gasteiger charge is 2.13. The number of hydrogen-bond donors (Lipinski definition) is 1. The van der Waals surface area contributed by atoms with E-state index >= 15 is 0 Å². The first kappa shape index (κ1) is 19.8. The van der Waals surface area contributed by atoms with E-state index in [1.165, 1.54) is 10.8 Å². The summed E-state index contributed by atoms with van der Waals surface area (Å²) in [6.07, 6.45) is 1.35. The van der Waals surface area contributed by atoms with E-state index in [1.54, 1.807) is 24.3 Å². The van der Waals surface area contributed by atoms with Gasteiger partial charge >= 0.3 is 4.87 Å². The molecule has 0 aliphatic rings. The minimum absolute atomic E-state index is 0.207. The highest BCUT2D eigenvalue weighted by Crippen LogP contribution is 2.19. The van der Waals surface area contributed by atoms with Crippen molar-refractivity contribution < 1.29 is 4.79 Å². The lowest BCUT2D eigenvalue weighted by molar-refractivity contribution is 0.0955. The van der Waals surface area contributed by atoms with Gasteiger partial charge in [-0.05, 0) is 29.8 Å². The van der Waals surface area contributed by atoms with E-state index < -0.39 is 5.91 Å². The lowest BCUT2D eigenvalue weighted by atomic mass is 10.2. The molecule has 1 N–H and O–H groups in total. The van der Waals surface area contributed by atoms with Crippen molar-refractivity contribution in [3.05, 3.63) is 88.9 Å². The summed E-state index contributed by atoms with van der Waals surface area (Å²) in [6.45, 7) is 0.348. The zero-order valence-electron chi connectivity index (χ0n) is 13.7. The Morgan fingerprint density at radius 2 is 1.89 bits per heavy atom. The fourth-order valence-electron chi connectivity index (χ4n) is 2.25. The Morgan fingerprint density at radius 3 is 2.59 bits per heavy atom. The molecule has 0 bridgehead atoms. The predicted molar refractivity (Wildman–Crippen MR) is 113 cm³/mol. The van der Waals surface area contributed by atoms with Crippen LogP contribution in [0.1, 0.15) is 20.8 Å². The second-order valence-corrected chi connectivity index (χ2v) is 8.09. The lowest BCUT2D eigenvalue weighted by Crippen LogP contribution is -2.17. The summed E-state index contributed by atoms with van der Waals surface area (Å²) < 4.78 is 2.41. The zero-order valence-corrected chi connectivity index (χ0v) is 17.6. The molecule has 0 saturated carbocycles. The normalized spacial score (nSPS) is 11.1. The van der Waals surface area contributed by atoms with E-state index in [9.17, 15) is 9.59 Å². The molecule has 0 fully saturated rings. The van der Waals surface area contributed by atoms with Crippen LogP contribution >= 0.6 is 50.5 Å². The van der Waals surface area contributed by atoms with E-state index in [2.05, 4.69) is 26.5 Å². The number of aromatic nitrogens is 1. The van der Waals surface area contributed by atoms with Crippen LogP contribution in [-0.4, -0.2) is 16.7 Å². The van der Waals surface area contributed by atoms with Crippen molar-refractivity contribution in [2.24, 2.45) is 5.10 Å². The van der Waals surface area contributed by atoms with E-state index in [1.807, 2.05) is 24.3 Å². The average Bonchev–Trinajstić information content (AvgIpc) is 2.91. The first-order valence-corrected chi connectivity index (χ1v) is 10.0. The number of hydrogen-bond acceptors (Lipinski definition) is 4. The van der Waals surface area contributed by atoms with Gasteiger partial charge in [0.15, 0.2) is 0 Å². The number of amides is 1. The molecular formula is C18H12BrCl2N3O2S. The molecule has 0 spiro atoms. The Hall–Kier alpha value is -1.93. The second-order valence-electron chi connectivity index (χ2n) is 5.41. The molecule has 3 aromatic rings. The quantitative estimate of drug-likeness (QED) is 0.418. The number of nitrogens with one attached hydrogen (secondary N) is 1. The molecule has 2 aromatic carbocycles. The van der Waals surface area contributed by atoms with Gasteiger partial charge in [-0.15, -0.1) is 0 Å². The van der Waals surface area contributed by atoms with Crippen molar-refractivity contribution in [3.63, 3.8) is 0 Å². The minimum Gasteiger partial charge on any atom is -0.284 e. The number of nitrogens with zero attached hydrogens (tertiary/aromatic N) is 2. The van der Waals surface area contributed by atoms with E-state index in [0.29, 0.717) is 22.0 Å². The number of carbonyl (C=O) groups excluding carboxylic acids is 1. The van der Waals surface area contributed by atoms with Crippen molar-refractivity contribution in [2.45, 2.75) is 6.54 Å².